The van der Waals surface area contributed by atoms with E-state index in [1.54, 1.807) is 20.3 Å². The summed E-state index contributed by atoms with van der Waals surface area (Å²) in [5.41, 5.74) is 8.25. The third kappa shape index (κ3) is 10.2. The Morgan fingerprint density at radius 1 is 0.883 bits per heavy atom. The average Bonchev–Trinajstić information content (AvgIpc) is 3.78. The van der Waals surface area contributed by atoms with Gasteiger partial charge in [0.25, 0.3) is 0 Å². The number of alkyl carbamates (subject to hydrolysis) is 1. The fourth-order valence-corrected chi connectivity index (χ4v) is 11.6. The van der Waals surface area contributed by atoms with Crippen molar-refractivity contribution in [3.63, 3.8) is 0 Å². The van der Waals surface area contributed by atoms with Crippen molar-refractivity contribution < 1.29 is 52.3 Å². The second-order valence-electron chi connectivity index (χ2n) is 18.6. The lowest BCUT2D eigenvalue weighted by Crippen LogP contribution is -2.65. The number of hydrogen-bond donors (Lipinski definition) is 3. The predicted octanol–water partition coefficient (Wildman–Crippen LogP) is 5.19. The van der Waals surface area contributed by atoms with Gasteiger partial charge in [-0.25, -0.2) is 9.59 Å². The molecule has 0 aromatic heterocycles. The minimum atomic E-state index is -1.09. The zero-order valence-corrected chi connectivity index (χ0v) is 35.7. The summed E-state index contributed by atoms with van der Waals surface area (Å²) in [6, 6.07) is 9.91. The van der Waals surface area contributed by atoms with Crippen LogP contribution in [-0.2, 0) is 36.6 Å². The maximum absolute atomic E-state index is 12.9. The standard InChI is InChI=1S/C45H62N4O11/c1-43-19-30-20-44(2,25-43)27-45(21-30,26-43)48-42(53)59-24-34(46)40(51)57-15-14-49-13-12-32(22-49)47-41(52)60-36-11-7-28(17-38(36)56-5)6-9-33-31(23-58-39(33)50)16-29-8-10-35(54-3)37(18-29)55-4/h7-8,10-11,17-18,30-34H,6,9,12-16,19-27,46H2,1-5H3,(H,47,52)(H,48,53)/t30?,31-,32-,33+,34-,43?,44?,45?/m0/s1. The van der Waals surface area contributed by atoms with Crippen molar-refractivity contribution in [2.45, 2.75) is 95.7 Å². The van der Waals surface area contributed by atoms with E-state index in [0.717, 1.165) is 30.4 Å². The van der Waals surface area contributed by atoms with Gasteiger partial charge in [0.05, 0.1) is 33.9 Å². The molecule has 2 aliphatic heterocycles. The molecule has 2 saturated heterocycles. The highest BCUT2D eigenvalue weighted by Gasteiger charge is 2.60. The highest BCUT2D eigenvalue weighted by molar-refractivity contribution is 5.77. The Labute approximate surface area is 352 Å². The summed E-state index contributed by atoms with van der Waals surface area (Å²) >= 11 is 0. The molecule has 60 heavy (non-hydrogen) atoms. The van der Waals surface area contributed by atoms with Crippen molar-refractivity contribution in [2.75, 3.05) is 60.8 Å². The van der Waals surface area contributed by atoms with Crippen molar-refractivity contribution in [3.8, 4) is 23.0 Å². The smallest absolute Gasteiger partial charge is 0.412 e. The molecule has 328 valence electrons. The first-order valence-corrected chi connectivity index (χ1v) is 21.3. The number of likely N-dealkylation sites (tertiary alicyclic amines) is 1. The summed E-state index contributed by atoms with van der Waals surface area (Å²) in [5.74, 6) is 1.54. The number of nitrogens with zero attached hydrogens (tertiary/aromatic N) is 1. The van der Waals surface area contributed by atoms with Gasteiger partial charge >= 0.3 is 24.1 Å². The summed E-state index contributed by atoms with van der Waals surface area (Å²) in [6.07, 6.45) is 7.98. The van der Waals surface area contributed by atoms with Crippen LogP contribution >= 0.6 is 0 Å². The topological polar surface area (TPSA) is 186 Å². The van der Waals surface area contributed by atoms with Crippen LogP contribution in [-0.4, -0.2) is 107 Å². The van der Waals surface area contributed by atoms with Gasteiger partial charge in [-0.05, 0) is 116 Å². The number of carbonyl (C=O) groups is 4. The number of aryl methyl sites for hydroxylation is 1. The van der Waals surface area contributed by atoms with Crippen molar-refractivity contribution in [2.24, 2.45) is 34.3 Å². The molecule has 2 aromatic rings. The molecule has 15 heteroatoms. The molecule has 4 aliphatic carbocycles. The third-order valence-electron chi connectivity index (χ3n) is 13.4. The molecule has 4 N–H and O–H groups in total. The lowest BCUT2D eigenvalue weighted by atomic mass is 9.43. The van der Waals surface area contributed by atoms with E-state index >= 15 is 0 Å². The quantitative estimate of drug-likeness (QED) is 0.140. The zero-order chi connectivity index (χ0) is 42.7. The first-order chi connectivity index (χ1) is 28.7. The molecule has 2 unspecified atom stereocenters. The Balaban J connectivity index is 0.795. The van der Waals surface area contributed by atoms with Crippen LogP contribution < -0.4 is 35.3 Å². The monoisotopic (exact) mass is 834 g/mol. The number of hydrogen-bond acceptors (Lipinski definition) is 13. The number of cyclic esters (lactones) is 1. The third-order valence-corrected chi connectivity index (χ3v) is 13.4. The van der Waals surface area contributed by atoms with Gasteiger partial charge in [0, 0.05) is 37.1 Å². The number of benzene rings is 2. The summed E-state index contributed by atoms with van der Waals surface area (Å²) in [6.45, 7) is 6.60. The Hall–Kier alpha value is -4.76. The molecule has 6 fully saturated rings. The highest BCUT2D eigenvalue weighted by Crippen LogP contribution is 2.66. The second kappa shape index (κ2) is 18.1. The lowest BCUT2D eigenvalue weighted by molar-refractivity contribution is -0.146. The molecule has 2 amide bonds. The lowest BCUT2D eigenvalue weighted by Gasteiger charge is -2.65. The number of amides is 2. The van der Waals surface area contributed by atoms with Crippen LogP contribution in [0.25, 0.3) is 0 Å². The molecule has 15 nitrogen and oxygen atoms in total. The van der Waals surface area contributed by atoms with E-state index in [1.807, 2.05) is 30.3 Å². The minimum Gasteiger partial charge on any atom is -0.493 e. The van der Waals surface area contributed by atoms with Gasteiger partial charge in [-0.2, -0.15) is 0 Å². The van der Waals surface area contributed by atoms with E-state index in [0.29, 0.717) is 75.1 Å². The van der Waals surface area contributed by atoms with E-state index in [9.17, 15) is 19.2 Å². The van der Waals surface area contributed by atoms with Crippen LogP contribution in [0.2, 0.25) is 0 Å². The number of methoxy groups -OCH3 is 3. The average molecular weight is 835 g/mol. The number of carbonyl (C=O) groups excluding carboxylic acids is 4. The van der Waals surface area contributed by atoms with E-state index in [-0.39, 0.29) is 59.2 Å². The molecule has 4 saturated carbocycles. The molecule has 6 aliphatic rings. The normalized spacial score (nSPS) is 29.7. The fraction of sp³-hybridized carbons (Fsp3) is 0.644. The Morgan fingerprint density at radius 2 is 1.57 bits per heavy atom. The van der Waals surface area contributed by atoms with Gasteiger partial charge in [-0.3, -0.25) is 14.5 Å². The van der Waals surface area contributed by atoms with Crippen LogP contribution in [0.15, 0.2) is 36.4 Å². The maximum Gasteiger partial charge on any atom is 0.412 e. The van der Waals surface area contributed by atoms with Crippen molar-refractivity contribution >= 4 is 24.1 Å². The van der Waals surface area contributed by atoms with Gasteiger partial charge < -0.3 is 49.5 Å². The summed E-state index contributed by atoms with van der Waals surface area (Å²) < 4.78 is 38.3. The summed E-state index contributed by atoms with van der Waals surface area (Å²) in [7, 11) is 4.71. The van der Waals surface area contributed by atoms with E-state index in [4.69, 9.17) is 38.9 Å². The van der Waals surface area contributed by atoms with Crippen LogP contribution in [0, 0.1) is 28.6 Å². The van der Waals surface area contributed by atoms with Crippen LogP contribution in [0.1, 0.15) is 76.3 Å². The number of ether oxygens (including phenoxy) is 7. The van der Waals surface area contributed by atoms with Gasteiger partial charge in [0.15, 0.2) is 23.0 Å². The van der Waals surface area contributed by atoms with Crippen LogP contribution in [0.4, 0.5) is 9.59 Å². The summed E-state index contributed by atoms with van der Waals surface area (Å²) in [4.78, 5) is 53.2. The van der Waals surface area contributed by atoms with E-state index < -0.39 is 24.2 Å². The maximum atomic E-state index is 12.9. The fourth-order valence-electron chi connectivity index (χ4n) is 11.6. The molecule has 0 radical (unpaired) electrons. The van der Waals surface area contributed by atoms with Crippen LogP contribution in [0.3, 0.4) is 0 Å². The largest absolute Gasteiger partial charge is 0.493 e. The van der Waals surface area contributed by atoms with Gasteiger partial charge in [0.1, 0.15) is 19.3 Å². The van der Waals surface area contributed by atoms with E-state index in [2.05, 4.69) is 29.4 Å². The number of esters is 2. The highest BCUT2D eigenvalue weighted by atomic mass is 16.6. The molecular weight excluding hydrogens is 773 g/mol. The molecule has 4 bridgehead atoms. The zero-order valence-electron chi connectivity index (χ0n) is 35.7. The Morgan fingerprint density at radius 3 is 2.28 bits per heavy atom. The first-order valence-electron chi connectivity index (χ1n) is 21.3. The summed E-state index contributed by atoms with van der Waals surface area (Å²) in [5, 5.41) is 6.09. The second-order valence-corrected chi connectivity index (χ2v) is 18.6. The molecule has 2 aromatic carbocycles. The van der Waals surface area contributed by atoms with Crippen molar-refractivity contribution in [1.82, 2.24) is 15.5 Å². The SMILES string of the molecule is COc1ccc(C[C@H]2COC(=O)[C@@H]2CCc2ccc(OC(=O)N[C@H]3CCN(CCOC(=O)[C@@H](N)COC(=O)NC45CC6CC(C)(CC(C)(C6)C4)C5)C3)c(OC)c2)cc1OC. The van der Waals surface area contributed by atoms with Gasteiger partial charge in [0.2, 0.25) is 0 Å². The minimum absolute atomic E-state index is 0.0261. The predicted molar refractivity (Wildman–Crippen MR) is 220 cm³/mol. The van der Waals surface area contributed by atoms with Crippen LogP contribution in [0.5, 0.6) is 23.0 Å². The van der Waals surface area contributed by atoms with Gasteiger partial charge in [-0.15, -0.1) is 0 Å². The number of nitrogens with one attached hydrogen (secondary N) is 2. The molecular formula is C45H62N4O11. The molecule has 8 rings (SSSR count). The Bertz CT molecular complexity index is 1890. The first kappa shape index (κ1) is 43.3. The van der Waals surface area contributed by atoms with Gasteiger partial charge in [-0.1, -0.05) is 26.0 Å². The molecule has 6 atom stereocenters. The molecule has 2 heterocycles. The molecule has 0 spiro atoms. The van der Waals surface area contributed by atoms with E-state index in [1.165, 1.54) is 26.4 Å². The number of rotatable bonds is 17. The van der Waals surface area contributed by atoms with Crippen molar-refractivity contribution in [3.05, 3.63) is 47.5 Å². The number of nitrogens with two attached hydrogens (primary N) is 1. The Kier molecular flexibility index (Phi) is 13.1. The van der Waals surface area contributed by atoms with Crippen molar-refractivity contribution in [1.29, 1.82) is 0 Å².